The summed E-state index contributed by atoms with van der Waals surface area (Å²) in [4.78, 5) is 4.00. The molecule has 0 atom stereocenters. The van der Waals surface area contributed by atoms with Crippen molar-refractivity contribution in [1.82, 2.24) is 10.7 Å². The van der Waals surface area contributed by atoms with E-state index < -0.39 is 0 Å². The molecule has 0 saturated heterocycles. The number of guanidine groups is 1. The molecule has 1 aliphatic rings. The molecular formula is C9H20N4S. The van der Waals surface area contributed by atoms with E-state index in [-0.39, 0.29) is 0 Å². The van der Waals surface area contributed by atoms with E-state index in [2.05, 4.69) is 22.0 Å². The van der Waals surface area contributed by atoms with Gasteiger partial charge in [-0.15, -0.1) is 0 Å². The number of nitrogens with one attached hydrogen (secondary N) is 2. The Kier molecular flexibility index (Phi) is 5.11. The summed E-state index contributed by atoms with van der Waals surface area (Å²) in [5, 5.41) is 4.15. The number of hydrazine groups is 1. The molecule has 0 unspecified atom stereocenters. The summed E-state index contributed by atoms with van der Waals surface area (Å²) in [6.45, 7) is 0. The first-order valence-electron chi connectivity index (χ1n) is 5.03. The SMILES string of the molecule is CN=C(NN)NC1CCC(SC)CC1. The van der Waals surface area contributed by atoms with Gasteiger partial charge in [-0.2, -0.15) is 11.8 Å². The highest BCUT2D eigenvalue weighted by Gasteiger charge is 2.20. The van der Waals surface area contributed by atoms with Crippen LogP contribution in [-0.4, -0.2) is 30.6 Å². The molecule has 0 amide bonds. The summed E-state index contributed by atoms with van der Waals surface area (Å²) in [5.41, 5.74) is 2.56. The predicted octanol–water partition coefficient (Wildman–Crippen LogP) is 0.699. The van der Waals surface area contributed by atoms with Crippen molar-refractivity contribution < 1.29 is 0 Å². The Hall–Kier alpha value is -0.420. The Bertz CT molecular complexity index is 187. The van der Waals surface area contributed by atoms with Crippen LogP contribution in [0.4, 0.5) is 0 Å². The average Bonchev–Trinajstić information content (AvgIpc) is 2.26. The molecule has 0 heterocycles. The molecule has 1 rings (SSSR count). The maximum atomic E-state index is 5.31. The van der Waals surface area contributed by atoms with Crippen molar-refractivity contribution in [3.63, 3.8) is 0 Å². The molecule has 5 heteroatoms. The molecule has 4 N–H and O–H groups in total. The number of hydrogen-bond donors (Lipinski definition) is 3. The standard InChI is InChI=1S/C9H20N4S/c1-11-9(13-10)12-7-3-5-8(14-2)6-4-7/h7-8H,3-6,10H2,1-2H3,(H2,11,12,13). The number of aliphatic imine (C=N–C) groups is 1. The van der Waals surface area contributed by atoms with E-state index in [0.717, 1.165) is 5.25 Å². The van der Waals surface area contributed by atoms with E-state index in [4.69, 9.17) is 5.84 Å². The van der Waals surface area contributed by atoms with Crippen molar-refractivity contribution >= 4 is 17.7 Å². The van der Waals surface area contributed by atoms with Crippen LogP contribution in [0.1, 0.15) is 25.7 Å². The van der Waals surface area contributed by atoms with Crippen molar-refractivity contribution in [3.05, 3.63) is 0 Å². The van der Waals surface area contributed by atoms with Crippen molar-refractivity contribution in [2.75, 3.05) is 13.3 Å². The molecule has 82 valence electrons. The van der Waals surface area contributed by atoms with Gasteiger partial charge in [0, 0.05) is 18.3 Å². The lowest BCUT2D eigenvalue weighted by Crippen LogP contribution is -2.47. The maximum absolute atomic E-state index is 5.31. The molecule has 1 saturated carbocycles. The fraction of sp³-hybridized carbons (Fsp3) is 0.889. The molecular weight excluding hydrogens is 196 g/mol. The second-order valence-electron chi connectivity index (χ2n) is 3.57. The lowest BCUT2D eigenvalue weighted by atomic mass is 9.95. The van der Waals surface area contributed by atoms with Crippen LogP contribution in [0.2, 0.25) is 0 Å². The Balaban J connectivity index is 2.28. The smallest absolute Gasteiger partial charge is 0.205 e. The number of rotatable bonds is 2. The van der Waals surface area contributed by atoms with Gasteiger partial charge in [-0.25, -0.2) is 5.84 Å². The largest absolute Gasteiger partial charge is 0.353 e. The van der Waals surface area contributed by atoms with Crippen LogP contribution in [-0.2, 0) is 0 Å². The topological polar surface area (TPSA) is 62.4 Å². The third-order valence-electron chi connectivity index (χ3n) is 2.71. The summed E-state index contributed by atoms with van der Waals surface area (Å²) in [6, 6.07) is 0.535. The van der Waals surface area contributed by atoms with Gasteiger partial charge in [0.25, 0.3) is 0 Å². The van der Waals surface area contributed by atoms with Gasteiger partial charge in [-0.3, -0.25) is 10.4 Å². The summed E-state index contributed by atoms with van der Waals surface area (Å²) in [6.07, 6.45) is 7.21. The Morgan fingerprint density at radius 2 is 2.00 bits per heavy atom. The van der Waals surface area contributed by atoms with Crippen LogP contribution in [0.15, 0.2) is 4.99 Å². The zero-order chi connectivity index (χ0) is 10.4. The van der Waals surface area contributed by atoms with Gasteiger partial charge in [0.2, 0.25) is 5.96 Å². The number of nitrogens with two attached hydrogens (primary N) is 1. The molecule has 0 aromatic carbocycles. The first-order chi connectivity index (χ1) is 6.80. The predicted molar refractivity (Wildman–Crippen MR) is 63.4 cm³/mol. The molecule has 0 radical (unpaired) electrons. The highest BCUT2D eigenvalue weighted by Crippen LogP contribution is 2.26. The van der Waals surface area contributed by atoms with Crippen LogP contribution in [0, 0.1) is 0 Å². The molecule has 0 aromatic heterocycles. The summed E-state index contributed by atoms with van der Waals surface area (Å²) in [7, 11) is 1.73. The molecule has 0 aliphatic heterocycles. The van der Waals surface area contributed by atoms with Crippen LogP contribution in [0.3, 0.4) is 0 Å². The highest BCUT2D eigenvalue weighted by atomic mass is 32.2. The van der Waals surface area contributed by atoms with Crippen LogP contribution in [0.5, 0.6) is 0 Å². The zero-order valence-corrected chi connectivity index (χ0v) is 9.73. The second kappa shape index (κ2) is 6.14. The van der Waals surface area contributed by atoms with Gasteiger partial charge in [0.05, 0.1) is 0 Å². The fourth-order valence-corrected chi connectivity index (χ4v) is 2.55. The van der Waals surface area contributed by atoms with Crippen molar-refractivity contribution in [3.8, 4) is 0 Å². The zero-order valence-electron chi connectivity index (χ0n) is 8.92. The van der Waals surface area contributed by atoms with Crippen LogP contribution in [0.25, 0.3) is 0 Å². The number of hydrogen-bond acceptors (Lipinski definition) is 3. The molecule has 1 fully saturated rings. The van der Waals surface area contributed by atoms with Crippen molar-refractivity contribution in [2.45, 2.75) is 37.0 Å². The third-order valence-corrected chi connectivity index (χ3v) is 3.85. The normalized spacial score (nSPS) is 28.6. The second-order valence-corrected chi connectivity index (χ2v) is 4.71. The molecule has 4 nitrogen and oxygen atoms in total. The molecule has 0 bridgehead atoms. The van der Waals surface area contributed by atoms with Gasteiger partial charge < -0.3 is 5.32 Å². The molecule has 14 heavy (non-hydrogen) atoms. The first kappa shape index (κ1) is 11.7. The molecule has 0 aromatic rings. The van der Waals surface area contributed by atoms with E-state index in [0.29, 0.717) is 12.0 Å². The lowest BCUT2D eigenvalue weighted by molar-refractivity contribution is 0.418. The van der Waals surface area contributed by atoms with Gasteiger partial charge in [-0.05, 0) is 31.9 Å². The Labute approximate surface area is 90.1 Å². The minimum atomic E-state index is 0.535. The van der Waals surface area contributed by atoms with Crippen LogP contribution >= 0.6 is 11.8 Å². The fourth-order valence-electron chi connectivity index (χ4n) is 1.81. The minimum absolute atomic E-state index is 0.535. The van der Waals surface area contributed by atoms with E-state index >= 15 is 0 Å². The quantitative estimate of drug-likeness (QED) is 0.275. The van der Waals surface area contributed by atoms with Gasteiger partial charge in [0.15, 0.2) is 0 Å². The first-order valence-corrected chi connectivity index (χ1v) is 6.31. The van der Waals surface area contributed by atoms with E-state index in [9.17, 15) is 0 Å². The van der Waals surface area contributed by atoms with Crippen LogP contribution < -0.4 is 16.6 Å². The van der Waals surface area contributed by atoms with Gasteiger partial charge in [-0.1, -0.05) is 0 Å². The van der Waals surface area contributed by atoms with Crippen molar-refractivity contribution in [1.29, 1.82) is 0 Å². The number of thioether (sulfide) groups is 1. The van der Waals surface area contributed by atoms with Crippen molar-refractivity contribution in [2.24, 2.45) is 10.8 Å². The minimum Gasteiger partial charge on any atom is -0.353 e. The summed E-state index contributed by atoms with van der Waals surface area (Å²) >= 11 is 1.98. The summed E-state index contributed by atoms with van der Waals surface area (Å²) < 4.78 is 0. The van der Waals surface area contributed by atoms with E-state index in [1.54, 1.807) is 7.05 Å². The Morgan fingerprint density at radius 3 is 2.43 bits per heavy atom. The van der Waals surface area contributed by atoms with Gasteiger partial charge in [0.1, 0.15) is 0 Å². The third kappa shape index (κ3) is 3.38. The molecule has 1 aliphatic carbocycles. The summed E-state index contributed by atoms with van der Waals surface area (Å²) in [5.74, 6) is 6.00. The molecule has 0 spiro atoms. The Morgan fingerprint density at radius 1 is 1.36 bits per heavy atom. The average molecular weight is 216 g/mol. The maximum Gasteiger partial charge on any atom is 0.205 e. The highest BCUT2D eigenvalue weighted by molar-refractivity contribution is 7.99. The lowest BCUT2D eigenvalue weighted by Gasteiger charge is -2.28. The van der Waals surface area contributed by atoms with E-state index in [1.807, 2.05) is 11.8 Å². The van der Waals surface area contributed by atoms with E-state index in [1.165, 1.54) is 25.7 Å². The monoisotopic (exact) mass is 216 g/mol. The van der Waals surface area contributed by atoms with Gasteiger partial charge >= 0.3 is 0 Å². The number of nitrogens with zero attached hydrogens (tertiary/aromatic N) is 1.